The van der Waals surface area contributed by atoms with Gasteiger partial charge in [-0.3, -0.25) is 4.79 Å². The average molecular weight is 304 g/mol. The molecule has 21 heavy (non-hydrogen) atoms. The Kier molecular flexibility index (Phi) is 3.61. The fraction of sp³-hybridized carbons (Fsp3) is 0.0833. The number of carbonyl (C=O) groups excluding carboxylic acids is 1. The molecule has 0 aliphatic heterocycles. The Morgan fingerprint density at radius 2 is 1.86 bits per heavy atom. The highest BCUT2D eigenvalue weighted by Gasteiger charge is 2.10. The molecular formula is C12H10ClN7O. The first-order chi connectivity index (χ1) is 10.3. The van der Waals surface area contributed by atoms with Crippen molar-refractivity contribution in [1.29, 1.82) is 0 Å². The zero-order valence-electron chi connectivity index (χ0n) is 10.7. The number of halogens is 1. The average Bonchev–Trinajstić information content (AvgIpc) is 3.20. The lowest BCUT2D eigenvalue weighted by Crippen LogP contribution is -2.16. The van der Waals surface area contributed by atoms with Gasteiger partial charge in [0, 0.05) is 30.9 Å². The van der Waals surface area contributed by atoms with E-state index in [1.54, 1.807) is 47.7 Å². The largest absolute Gasteiger partial charge is 0.309 e. The summed E-state index contributed by atoms with van der Waals surface area (Å²) in [4.78, 5) is 20.0. The van der Waals surface area contributed by atoms with Gasteiger partial charge in [0.15, 0.2) is 5.82 Å². The van der Waals surface area contributed by atoms with Crippen molar-refractivity contribution in [2.24, 2.45) is 0 Å². The van der Waals surface area contributed by atoms with E-state index >= 15 is 0 Å². The molecule has 3 heterocycles. The van der Waals surface area contributed by atoms with Crippen molar-refractivity contribution >= 4 is 23.3 Å². The number of carbonyl (C=O) groups is 1. The quantitative estimate of drug-likeness (QED) is 0.727. The van der Waals surface area contributed by atoms with Gasteiger partial charge in [-0.1, -0.05) is 0 Å². The summed E-state index contributed by atoms with van der Waals surface area (Å²) in [5.74, 6) is 0.640. The van der Waals surface area contributed by atoms with Crippen molar-refractivity contribution in [2.75, 3.05) is 11.2 Å². The van der Waals surface area contributed by atoms with Crippen LogP contribution in [0.4, 0.5) is 5.82 Å². The lowest BCUT2D eigenvalue weighted by atomic mass is 10.5. The van der Waals surface area contributed by atoms with Crippen molar-refractivity contribution in [3.05, 3.63) is 43.0 Å². The van der Waals surface area contributed by atoms with Gasteiger partial charge >= 0.3 is 0 Å². The summed E-state index contributed by atoms with van der Waals surface area (Å²) in [6.07, 6.45) is 6.69. The molecule has 1 N–H and O–H groups in total. The molecule has 0 radical (unpaired) electrons. The molecule has 0 saturated heterocycles. The van der Waals surface area contributed by atoms with E-state index in [0.29, 0.717) is 17.6 Å². The second kappa shape index (κ2) is 5.71. The van der Waals surface area contributed by atoms with Crippen LogP contribution in [0.3, 0.4) is 0 Å². The molecule has 3 rings (SSSR count). The molecule has 0 bridgehead atoms. The fourth-order valence-corrected chi connectivity index (χ4v) is 1.74. The number of rotatable bonds is 4. The van der Waals surface area contributed by atoms with E-state index in [0.717, 1.165) is 0 Å². The minimum absolute atomic E-state index is 0.155. The molecule has 1 amide bonds. The maximum absolute atomic E-state index is 11.4. The summed E-state index contributed by atoms with van der Waals surface area (Å²) in [6, 6.07) is 5.12. The molecule has 0 spiro atoms. The second-order valence-electron chi connectivity index (χ2n) is 3.99. The van der Waals surface area contributed by atoms with Gasteiger partial charge in [0.25, 0.3) is 5.95 Å². The van der Waals surface area contributed by atoms with E-state index in [9.17, 15) is 4.79 Å². The molecule has 9 heteroatoms. The van der Waals surface area contributed by atoms with Gasteiger partial charge in [-0.05, 0) is 12.1 Å². The predicted octanol–water partition coefficient (Wildman–Crippen LogP) is 1.03. The van der Waals surface area contributed by atoms with E-state index < -0.39 is 0 Å². The molecule has 8 nitrogen and oxygen atoms in total. The van der Waals surface area contributed by atoms with Gasteiger partial charge in [-0.25, -0.2) is 9.36 Å². The van der Waals surface area contributed by atoms with Gasteiger partial charge in [0.1, 0.15) is 11.7 Å². The maximum Gasteiger partial charge on any atom is 0.254 e. The summed E-state index contributed by atoms with van der Waals surface area (Å²) in [5, 5.41) is 10.8. The fourth-order valence-electron chi connectivity index (χ4n) is 1.67. The Morgan fingerprint density at radius 1 is 1.14 bits per heavy atom. The normalized spacial score (nSPS) is 10.5. The van der Waals surface area contributed by atoms with Crippen LogP contribution in [-0.4, -0.2) is 41.3 Å². The third-order valence-corrected chi connectivity index (χ3v) is 2.78. The zero-order chi connectivity index (χ0) is 14.7. The summed E-state index contributed by atoms with van der Waals surface area (Å²) in [6.45, 7) is 0. The topological polar surface area (TPSA) is 90.5 Å². The Morgan fingerprint density at radius 3 is 2.48 bits per heavy atom. The van der Waals surface area contributed by atoms with Crippen LogP contribution in [0.15, 0.2) is 43.0 Å². The van der Waals surface area contributed by atoms with Crippen LogP contribution in [0.2, 0.25) is 0 Å². The summed E-state index contributed by atoms with van der Waals surface area (Å²) >= 11 is 5.49. The monoisotopic (exact) mass is 303 g/mol. The maximum atomic E-state index is 11.4. The number of hydrogen-bond acceptors (Lipinski definition) is 5. The van der Waals surface area contributed by atoms with Crippen LogP contribution in [0, 0.1) is 0 Å². The SMILES string of the molecule is O=C(CCl)Nc1cc(-n2cccn2)nc(-n2cccn2)n1. The van der Waals surface area contributed by atoms with E-state index in [1.165, 1.54) is 4.68 Å². The van der Waals surface area contributed by atoms with E-state index in [-0.39, 0.29) is 11.8 Å². The molecule has 0 aromatic carbocycles. The third-order valence-electron chi connectivity index (χ3n) is 2.54. The summed E-state index contributed by atoms with van der Waals surface area (Å²) in [5.41, 5.74) is 0. The highest BCUT2D eigenvalue weighted by molar-refractivity contribution is 6.29. The predicted molar refractivity (Wildman–Crippen MR) is 75.6 cm³/mol. The minimum atomic E-state index is -0.354. The molecule has 0 unspecified atom stereocenters. The molecule has 3 aromatic rings. The van der Waals surface area contributed by atoms with Crippen molar-refractivity contribution in [3.8, 4) is 11.8 Å². The Hall–Kier alpha value is -2.74. The van der Waals surface area contributed by atoms with E-state index in [1.807, 2.05) is 0 Å². The molecule has 0 saturated carbocycles. The third kappa shape index (κ3) is 2.90. The lowest BCUT2D eigenvalue weighted by molar-refractivity contribution is -0.113. The number of nitrogens with zero attached hydrogens (tertiary/aromatic N) is 6. The smallest absolute Gasteiger partial charge is 0.254 e. The molecule has 0 aliphatic rings. The van der Waals surface area contributed by atoms with Crippen LogP contribution < -0.4 is 5.32 Å². The lowest BCUT2D eigenvalue weighted by Gasteiger charge is -2.08. The van der Waals surface area contributed by atoms with Gasteiger partial charge in [0.2, 0.25) is 5.91 Å². The first-order valence-electron chi connectivity index (χ1n) is 6.01. The highest BCUT2D eigenvalue weighted by atomic mass is 35.5. The van der Waals surface area contributed by atoms with Gasteiger partial charge in [0.05, 0.1) is 0 Å². The Bertz CT molecular complexity index is 687. The molecule has 106 valence electrons. The number of amides is 1. The Balaban J connectivity index is 2.06. The van der Waals surface area contributed by atoms with Crippen LogP contribution in [-0.2, 0) is 4.79 Å². The number of hydrogen-bond donors (Lipinski definition) is 1. The zero-order valence-corrected chi connectivity index (χ0v) is 11.5. The minimum Gasteiger partial charge on any atom is -0.309 e. The van der Waals surface area contributed by atoms with Crippen LogP contribution >= 0.6 is 11.6 Å². The molecule has 0 aliphatic carbocycles. The van der Waals surface area contributed by atoms with Gasteiger partial charge < -0.3 is 5.32 Å². The first kappa shape index (κ1) is 13.3. The molecule has 3 aromatic heterocycles. The number of alkyl halides is 1. The van der Waals surface area contributed by atoms with Crippen LogP contribution in [0.5, 0.6) is 0 Å². The van der Waals surface area contributed by atoms with Crippen molar-refractivity contribution < 1.29 is 4.79 Å². The van der Waals surface area contributed by atoms with Crippen molar-refractivity contribution in [1.82, 2.24) is 29.5 Å². The summed E-state index contributed by atoms with van der Waals surface area (Å²) < 4.78 is 3.05. The molecule has 0 fully saturated rings. The van der Waals surface area contributed by atoms with Crippen LogP contribution in [0.1, 0.15) is 0 Å². The second-order valence-corrected chi connectivity index (χ2v) is 4.26. The van der Waals surface area contributed by atoms with Crippen molar-refractivity contribution in [2.45, 2.75) is 0 Å². The highest BCUT2D eigenvalue weighted by Crippen LogP contribution is 2.12. The molecule has 0 atom stereocenters. The van der Waals surface area contributed by atoms with Gasteiger partial charge in [-0.15, -0.1) is 11.6 Å². The molecular weight excluding hydrogens is 294 g/mol. The number of nitrogens with one attached hydrogen (secondary N) is 1. The standard InChI is InChI=1S/C12H10ClN7O/c13-8-11(21)16-9-7-10(19-5-1-3-14-19)18-12(17-9)20-6-2-4-15-20/h1-7H,8H2,(H,16,17,18,21). The number of anilines is 1. The Labute approximate surface area is 124 Å². The van der Waals surface area contributed by atoms with Crippen LogP contribution in [0.25, 0.3) is 11.8 Å². The first-order valence-corrected chi connectivity index (χ1v) is 6.54. The summed E-state index contributed by atoms with van der Waals surface area (Å²) in [7, 11) is 0. The van der Waals surface area contributed by atoms with E-state index in [4.69, 9.17) is 11.6 Å². The number of aromatic nitrogens is 6. The van der Waals surface area contributed by atoms with Crippen molar-refractivity contribution in [3.63, 3.8) is 0 Å². The van der Waals surface area contributed by atoms with Gasteiger partial charge in [-0.2, -0.15) is 20.2 Å². The van der Waals surface area contributed by atoms with E-state index in [2.05, 4.69) is 25.5 Å².